The molecule has 0 radical (unpaired) electrons. The van der Waals surface area contributed by atoms with Crippen LogP contribution in [-0.4, -0.2) is 25.2 Å². The van der Waals surface area contributed by atoms with Gasteiger partial charge in [0.1, 0.15) is 6.42 Å². The lowest BCUT2D eigenvalue weighted by Crippen LogP contribution is -2.16. The van der Waals surface area contributed by atoms with Gasteiger partial charge in [-0.15, -0.1) is 0 Å². The van der Waals surface area contributed by atoms with Crippen LogP contribution in [0.25, 0.3) is 0 Å². The van der Waals surface area contributed by atoms with Crippen molar-refractivity contribution in [1.29, 1.82) is 0 Å². The maximum atomic E-state index is 11.1. The molecule has 0 aliphatic heterocycles. The molecule has 0 spiro atoms. The zero-order chi connectivity index (χ0) is 11.7. The summed E-state index contributed by atoms with van der Waals surface area (Å²) in [5, 5.41) is 0. The molecule has 0 rings (SSSR count). The van der Waals surface area contributed by atoms with Crippen LogP contribution >= 0.6 is 0 Å². The minimum absolute atomic E-state index is 0.281. The van der Waals surface area contributed by atoms with Gasteiger partial charge in [-0.3, -0.25) is 9.59 Å². The second-order valence-corrected chi connectivity index (χ2v) is 3.83. The van der Waals surface area contributed by atoms with Crippen molar-refractivity contribution < 1.29 is 19.1 Å². The SMILES string of the molecule is CCCCOC(=O)CC(=O)OCC(C)C. The quantitative estimate of drug-likeness (QED) is 0.370. The van der Waals surface area contributed by atoms with Crippen LogP contribution in [0.3, 0.4) is 0 Å². The van der Waals surface area contributed by atoms with Gasteiger partial charge in [-0.25, -0.2) is 0 Å². The number of hydrogen-bond acceptors (Lipinski definition) is 4. The van der Waals surface area contributed by atoms with Crippen molar-refractivity contribution in [3.8, 4) is 0 Å². The molecule has 0 aliphatic carbocycles. The highest BCUT2D eigenvalue weighted by Crippen LogP contribution is 1.97. The lowest BCUT2D eigenvalue weighted by molar-refractivity contribution is -0.155. The van der Waals surface area contributed by atoms with Gasteiger partial charge < -0.3 is 9.47 Å². The van der Waals surface area contributed by atoms with E-state index in [9.17, 15) is 9.59 Å². The first-order valence-electron chi connectivity index (χ1n) is 5.37. The molecule has 0 fully saturated rings. The van der Waals surface area contributed by atoms with Crippen molar-refractivity contribution in [2.45, 2.75) is 40.0 Å². The van der Waals surface area contributed by atoms with Crippen molar-refractivity contribution in [3.63, 3.8) is 0 Å². The average molecular weight is 216 g/mol. The molecule has 0 aliphatic rings. The van der Waals surface area contributed by atoms with Crippen molar-refractivity contribution >= 4 is 11.9 Å². The third-order valence-corrected chi connectivity index (χ3v) is 1.63. The topological polar surface area (TPSA) is 52.6 Å². The highest BCUT2D eigenvalue weighted by molar-refractivity contribution is 5.91. The average Bonchev–Trinajstić information content (AvgIpc) is 2.15. The van der Waals surface area contributed by atoms with Gasteiger partial charge >= 0.3 is 11.9 Å². The Morgan fingerprint density at radius 1 is 1.13 bits per heavy atom. The van der Waals surface area contributed by atoms with Crippen LogP contribution < -0.4 is 0 Å². The van der Waals surface area contributed by atoms with Crippen LogP contribution in [0.2, 0.25) is 0 Å². The number of rotatable bonds is 7. The number of carbonyl (C=O) groups is 2. The summed E-state index contributed by atoms with van der Waals surface area (Å²) in [4.78, 5) is 22.1. The van der Waals surface area contributed by atoms with Crippen molar-refractivity contribution in [2.24, 2.45) is 5.92 Å². The molecule has 0 heterocycles. The Morgan fingerprint density at radius 2 is 1.73 bits per heavy atom. The van der Waals surface area contributed by atoms with Gasteiger partial charge in [-0.2, -0.15) is 0 Å². The van der Waals surface area contributed by atoms with E-state index in [1.165, 1.54) is 0 Å². The molecule has 0 aromatic rings. The molecule has 88 valence electrons. The molecule has 0 amide bonds. The molecule has 0 aromatic carbocycles. The predicted octanol–water partition coefficient (Wildman–Crippen LogP) is 1.92. The van der Waals surface area contributed by atoms with E-state index in [0.717, 1.165) is 12.8 Å². The summed E-state index contributed by atoms with van der Waals surface area (Å²) in [5.74, 6) is -0.729. The van der Waals surface area contributed by atoms with Gasteiger partial charge in [0.25, 0.3) is 0 Å². The third-order valence-electron chi connectivity index (χ3n) is 1.63. The number of carbonyl (C=O) groups excluding carboxylic acids is 2. The van der Waals surface area contributed by atoms with E-state index in [-0.39, 0.29) is 12.3 Å². The molecule has 0 bridgehead atoms. The van der Waals surface area contributed by atoms with E-state index in [1.54, 1.807) is 0 Å². The fourth-order valence-corrected chi connectivity index (χ4v) is 0.810. The van der Waals surface area contributed by atoms with Gasteiger partial charge in [0.15, 0.2) is 0 Å². The molecule has 4 heteroatoms. The first-order valence-corrected chi connectivity index (χ1v) is 5.37. The maximum absolute atomic E-state index is 11.1. The highest BCUT2D eigenvalue weighted by Gasteiger charge is 2.12. The van der Waals surface area contributed by atoms with E-state index in [2.05, 4.69) is 0 Å². The van der Waals surface area contributed by atoms with Gasteiger partial charge in [0, 0.05) is 0 Å². The summed E-state index contributed by atoms with van der Waals surface area (Å²) < 4.78 is 9.66. The van der Waals surface area contributed by atoms with E-state index >= 15 is 0 Å². The Balaban J connectivity index is 3.53. The monoisotopic (exact) mass is 216 g/mol. The van der Waals surface area contributed by atoms with Crippen LogP contribution in [0.4, 0.5) is 0 Å². The normalized spacial score (nSPS) is 10.1. The largest absolute Gasteiger partial charge is 0.465 e. The Kier molecular flexibility index (Phi) is 7.68. The predicted molar refractivity (Wildman–Crippen MR) is 56.3 cm³/mol. The fourth-order valence-electron chi connectivity index (χ4n) is 0.810. The minimum Gasteiger partial charge on any atom is -0.465 e. The van der Waals surface area contributed by atoms with Gasteiger partial charge in [-0.05, 0) is 12.3 Å². The van der Waals surface area contributed by atoms with Crippen LogP contribution in [0.5, 0.6) is 0 Å². The van der Waals surface area contributed by atoms with E-state index in [1.807, 2.05) is 20.8 Å². The standard InChI is InChI=1S/C11H20O4/c1-4-5-6-14-10(12)7-11(13)15-8-9(2)3/h9H,4-8H2,1-3H3. The molecule has 0 saturated heterocycles. The molecule has 15 heavy (non-hydrogen) atoms. The van der Waals surface area contributed by atoms with Crippen molar-refractivity contribution in [3.05, 3.63) is 0 Å². The summed E-state index contributed by atoms with van der Waals surface area (Å²) in [6.45, 7) is 6.61. The first kappa shape index (κ1) is 13.9. The summed E-state index contributed by atoms with van der Waals surface area (Å²) in [5.41, 5.74) is 0. The Morgan fingerprint density at radius 3 is 2.27 bits per heavy atom. The van der Waals surface area contributed by atoms with Crippen molar-refractivity contribution in [2.75, 3.05) is 13.2 Å². The molecule has 0 unspecified atom stereocenters. The van der Waals surface area contributed by atoms with Gasteiger partial charge in [-0.1, -0.05) is 27.2 Å². The van der Waals surface area contributed by atoms with E-state index in [4.69, 9.17) is 9.47 Å². The second kappa shape index (κ2) is 8.26. The lowest BCUT2D eigenvalue weighted by atomic mass is 10.2. The van der Waals surface area contributed by atoms with Crippen molar-refractivity contribution in [1.82, 2.24) is 0 Å². The second-order valence-electron chi connectivity index (χ2n) is 3.83. The zero-order valence-corrected chi connectivity index (χ0v) is 9.75. The third kappa shape index (κ3) is 9.25. The molecule has 0 aromatic heterocycles. The first-order chi connectivity index (χ1) is 7.06. The fraction of sp³-hybridized carbons (Fsp3) is 0.818. The molecule has 0 saturated carbocycles. The van der Waals surface area contributed by atoms with Gasteiger partial charge in [0.2, 0.25) is 0 Å². The minimum atomic E-state index is -0.509. The molecular formula is C11H20O4. The van der Waals surface area contributed by atoms with Crippen LogP contribution in [0.1, 0.15) is 40.0 Å². The lowest BCUT2D eigenvalue weighted by Gasteiger charge is -2.07. The summed E-state index contributed by atoms with van der Waals surface area (Å²) in [6.07, 6.45) is 1.51. The summed E-state index contributed by atoms with van der Waals surface area (Å²) >= 11 is 0. The molecule has 0 N–H and O–H groups in total. The number of ether oxygens (including phenoxy) is 2. The Labute approximate surface area is 90.9 Å². The maximum Gasteiger partial charge on any atom is 0.317 e. The highest BCUT2D eigenvalue weighted by atomic mass is 16.6. The zero-order valence-electron chi connectivity index (χ0n) is 9.75. The van der Waals surface area contributed by atoms with Gasteiger partial charge in [0.05, 0.1) is 13.2 Å². The van der Waals surface area contributed by atoms with Crippen LogP contribution in [0.15, 0.2) is 0 Å². The molecule has 0 atom stereocenters. The number of esters is 2. The van der Waals surface area contributed by atoms with Crippen LogP contribution in [0, 0.1) is 5.92 Å². The van der Waals surface area contributed by atoms with Crippen LogP contribution in [-0.2, 0) is 19.1 Å². The molecule has 4 nitrogen and oxygen atoms in total. The van der Waals surface area contributed by atoms with E-state index in [0.29, 0.717) is 13.2 Å². The Hall–Kier alpha value is -1.06. The summed E-state index contributed by atoms with van der Waals surface area (Å²) in [6, 6.07) is 0. The number of hydrogen-bond donors (Lipinski definition) is 0. The smallest absolute Gasteiger partial charge is 0.317 e. The van der Waals surface area contributed by atoms with E-state index < -0.39 is 11.9 Å². The number of unbranched alkanes of at least 4 members (excludes halogenated alkanes) is 1. The molecular weight excluding hydrogens is 196 g/mol. The Bertz CT molecular complexity index is 199. The summed E-state index contributed by atoms with van der Waals surface area (Å²) in [7, 11) is 0.